The highest BCUT2D eigenvalue weighted by Gasteiger charge is 2.23. The first kappa shape index (κ1) is 12.3. The van der Waals surface area contributed by atoms with Crippen LogP contribution in [0.2, 0.25) is 0 Å². The highest BCUT2D eigenvalue weighted by atomic mass is 35.5. The van der Waals surface area contributed by atoms with Crippen molar-refractivity contribution in [1.82, 2.24) is 10.2 Å². The summed E-state index contributed by atoms with van der Waals surface area (Å²) in [5.74, 6) is -1.93. The number of amides is 1. The van der Waals surface area contributed by atoms with E-state index in [0.717, 1.165) is 0 Å². The van der Waals surface area contributed by atoms with Gasteiger partial charge in [0.2, 0.25) is 0 Å². The first-order valence-electron chi connectivity index (χ1n) is 4.32. The molecule has 1 rings (SSSR count). The van der Waals surface area contributed by atoms with Crippen molar-refractivity contribution in [3.05, 3.63) is 10.1 Å². The number of aliphatic carboxylic acids is 1. The van der Waals surface area contributed by atoms with Crippen LogP contribution in [0.4, 0.5) is 0 Å². The van der Waals surface area contributed by atoms with Gasteiger partial charge in [0.05, 0.1) is 0 Å². The van der Waals surface area contributed by atoms with Crippen LogP contribution in [0.1, 0.15) is 0 Å². The standard InChI is InChI=1S/C8H10Cl2N2O3/c9-5(6(10)8(14)15)7(13)12-3-1-11-2-4-12/h11H,1-4H2,(H,14,15)/b6-5+. The fourth-order valence-corrected chi connectivity index (χ4v) is 1.48. The van der Waals surface area contributed by atoms with E-state index < -0.39 is 21.9 Å². The number of nitrogens with one attached hydrogen (secondary N) is 1. The van der Waals surface area contributed by atoms with Gasteiger partial charge in [-0.25, -0.2) is 4.79 Å². The van der Waals surface area contributed by atoms with Gasteiger partial charge in [-0.2, -0.15) is 0 Å². The average Bonchev–Trinajstić information content (AvgIpc) is 2.27. The van der Waals surface area contributed by atoms with Gasteiger partial charge in [0.15, 0.2) is 0 Å². The Kier molecular flexibility index (Phi) is 4.38. The van der Waals surface area contributed by atoms with Crippen molar-refractivity contribution < 1.29 is 14.7 Å². The van der Waals surface area contributed by atoms with E-state index in [9.17, 15) is 9.59 Å². The molecular formula is C8H10Cl2N2O3. The summed E-state index contributed by atoms with van der Waals surface area (Å²) in [6.07, 6.45) is 0. The Morgan fingerprint density at radius 2 is 1.67 bits per heavy atom. The highest BCUT2D eigenvalue weighted by molar-refractivity contribution is 6.53. The van der Waals surface area contributed by atoms with Gasteiger partial charge in [-0.1, -0.05) is 23.2 Å². The molecule has 1 amide bonds. The lowest BCUT2D eigenvalue weighted by molar-refractivity contribution is -0.133. The van der Waals surface area contributed by atoms with Crippen LogP contribution in [0.3, 0.4) is 0 Å². The Labute approximate surface area is 96.6 Å². The van der Waals surface area contributed by atoms with Gasteiger partial charge in [-0.15, -0.1) is 0 Å². The van der Waals surface area contributed by atoms with Crippen LogP contribution < -0.4 is 5.32 Å². The molecule has 0 saturated carbocycles. The van der Waals surface area contributed by atoms with Gasteiger partial charge in [0, 0.05) is 26.2 Å². The minimum Gasteiger partial charge on any atom is -0.477 e. The van der Waals surface area contributed by atoms with Crippen LogP contribution in [-0.4, -0.2) is 48.1 Å². The van der Waals surface area contributed by atoms with Crippen LogP contribution in [0.5, 0.6) is 0 Å². The molecule has 0 atom stereocenters. The second-order valence-corrected chi connectivity index (χ2v) is 3.73. The van der Waals surface area contributed by atoms with E-state index in [2.05, 4.69) is 5.32 Å². The van der Waals surface area contributed by atoms with Gasteiger partial charge in [0.25, 0.3) is 5.91 Å². The lowest BCUT2D eigenvalue weighted by atomic mass is 10.3. The predicted molar refractivity (Wildman–Crippen MR) is 55.8 cm³/mol. The number of carboxylic acid groups (broad SMARTS) is 1. The first-order chi connectivity index (χ1) is 7.04. The Morgan fingerprint density at radius 1 is 1.13 bits per heavy atom. The molecule has 1 aliphatic heterocycles. The van der Waals surface area contributed by atoms with Gasteiger partial charge in [0.1, 0.15) is 10.1 Å². The predicted octanol–water partition coefficient (Wildman–Crippen LogP) is 0.192. The Bertz CT molecular complexity index is 311. The van der Waals surface area contributed by atoms with Crippen LogP contribution in [0.15, 0.2) is 10.1 Å². The zero-order valence-corrected chi connectivity index (χ0v) is 9.31. The summed E-state index contributed by atoms with van der Waals surface area (Å²) in [5.41, 5.74) is 0. The fourth-order valence-electron chi connectivity index (χ4n) is 1.19. The number of hydrogen-bond acceptors (Lipinski definition) is 3. The van der Waals surface area contributed by atoms with Crippen LogP contribution in [0, 0.1) is 0 Å². The number of carbonyl (C=O) groups excluding carboxylic acids is 1. The molecule has 1 saturated heterocycles. The number of carboxylic acids is 1. The average molecular weight is 253 g/mol. The van der Waals surface area contributed by atoms with Gasteiger partial charge < -0.3 is 15.3 Å². The maximum atomic E-state index is 11.6. The normalized spacial score (nSPS) is 18.4. The minimum absolute atomic E-state index is 0.439. The summed E-state index contributed by atoms with van der Waals surface area (Å²) in [4.78, 5) is 23.5. The minimum atomic E-state index is -1.40. The Hall–Kier alpha value is -0.780. The largest absolute Gasteiger partial charge is 0.477 e. The number of hydrogen-bond donors (Lipinski definition) is 2. The molecule has 0 unspecified atom stereocenters. The first-order valence-corrected chi connectivity index (χ1v) is 5.08. The fraction of sp³-hybridized carbons (Fsp3) is 0.500. The quantitative estimate of drug-likeness (QED) is 0.689. The summed E-state index contributed by atoms with van der Waals surface area (Å²) in [6, 6.07) is 0. The van der Waals surface area contributed by atoms with Crippen molar-refractivity contribution in [1.29, 1.82) is 0 Å². The number of rotatable bonds is 2. The van der Waals surface area contributed by atoms with E-state index in [1.807, 2.05) is 0 Å². The van der Waals surface area contributed by atoms with Crippen molar-refractivity contribution >= 4 is 35.1 Å². The molecule has 0 bridgehead atoms. The molecule has 1 aliphatic rings. The molecule has 0 aromatic carbocycles. The molecule has 1 fully saturated rings. The van der Waals surface area contributed by atoms with E-state index in [-0.39, 0.29) is 0 Å². The number of piperazine rings is 1. The lowest BCUT2D eigenvalue weighted by Crippen LogP contribution is -2.46. The maximum Gasteiger partial charge on any atom is 0.349 e. The highest BCUT2D eigenvalue weighted by Crippen LogP contribution is 2.17. The molecule has 5 nitrogen and oxygen atoms in total. The summed E-state index contributed by atoms with van der Waals surface area (Å²) in [5, 5.41) is 10.5. The Morgan fingerprint density at radius 3 is 2.13 bits per heavy atom. The summed E-state index contributed by atoms with van der Waals surface area (Å²) < 4.78 is 0. The zero-order valence-electron chi connectivity index (χ0n) is 7.80. The van der Waals surface area contributed by atoms with E-state index in [1.54, 1.807) is 0 Å². The summed E-state index contributed by atoms with van der Waals surface area (Å²) >= 11 is 10.9. The summed E-state index contributed by atoms with van der Waals surface area (Å²) in [7, 11) is 0. The third-order valence-electron chi connectivity index (χ3n) is 1.97. The van der Waals surface area contributed by atoms with Crippen LogP contribution in [-0.2, 0) is 9.59 Å². The number of nitrogens with zero attached hydrogens (tertiary/aromatic N) is 1. The zero-order chi connectivity index (χ0) is 11.4. The molecule has 1 heterocycles. The van der Waals surface area contributed by atoms with E-state index >= 15 is 0 Å². The maximum absolute atomic E-state index is 11.6. The third kappa shape index (κ3) is 3.09. The van der Waals surface area contributed by atoms with Crippen molar-refractivity contribution in [2.45, 2.75) is 0 Å². The molecule has 0 spiro atoms. The molecule has 0 radical (unpaired) electrons. The van der Waals surface area contributed by atoms with Crippen LogP contribution >= 0.6 is 23.2 Å². The van der Waals surface area contributed by atoms with Gasteiger partial charge >= 0.3 is 5.97 Å². The molecular weight excluding hydrogens is 243 g/mol. The molecule has 15 heavy (non-hydrogen) atoms. The van der Waals surface area contributed by atoms with Gasteiger partial charge in [-0.05, 0) is 0 Å². The topological polar surface area (TPSA) is 69.6 Å². The summed E-state index contributed by atoms with van der Waals surface area (Å²) in [6.45, 7) is 2.33. The monoisotopic (exact) mass is 252 g/mol. The number of carbonyl (C=O) groups is 2. The number of halogens is 2. The third-order valence-corrected chi connectivity index (χ3v) is 2.77. The van der Waals surface area contributed by atoms with Crippen molar-refractivity contribution in [2.75, 3.05) is 26.2 Å². The van der Waals surface area contributed by atoms with Crippen LogP contribution in [0.25, 0.3) is 0 Å². The molecule has 2 N–H and O–H groups in total. The van der Waals surface area contributed by atoms with Crippen molar-refractivity contribution in [3.8, 4) is 0 Å². The second-order valence-electron chi connectivity index (χ2n) is 2.98. The van der Waals surface area contributed by atoms with E-state index in [0.29, 0.717) is 26.2 Å². The molecule has 0 aromatic heterocycles. The molecule has 7 heteroatoms. The van der Waals surface area contributed by atoms with E-state index in [1.165, 1.54) is 4.90 Å². The van der Waals surface area contributed by atoms with Crippen molar-refractivity contribution in [3.63, 3.8) is 0 Å². The smallest absolute Gasteiger partial charge is 0.349 e. The van der Waals surface area contributed by atoms with Crippen molar-refractivity contribution in [2.24, 2.45) is 0 Å². The molecule has 0 aromatic rings. The van der Waals surface area contributed by atoms with Gasteiger partial charge in [-0.3, -0.25) is 4.79 Å². The lowest BCUT2D eigenvalue weighted by Gasteiger charge is -2.27. The van der Waals surface area contributed by atoms with E-state index in [4.69, 9.17) is 28.3 Å². The molecule has 84 valence electrons. The Balaban J connectivity index is 2.74. The SMILES string of the molecule is O=C(O)/C(Cl)=C(\Cl)C(=O)N1CCNCC1. The molecule has 0 aliphatic carbocycles. The second kappa shape index (κ2) is 5.34.